The van der Waals surface area contributed by atoms with Crippen LogP contribution in [0.1, 0.15) is 19.8 Å². The first-order valence-electron chi connectivity index (χ1n) is 9.22. The summed E-state index contributed by atoms with van der Waals surface area (Å²) in [5.74, 6) is 2.44. The van der Waals surface area contributed by atoms with Crippen LogP contribution >= 0.6 is 23.1 Å². The third-order valence-electron chi connectivity index (χ3n) is 4.75. The van der Waals surface area contributed by atoms with E-state index in [-0.39, 0.29) is 11.9 Å². The number of nitrogens with one attached hydrogen (secondary N) is 1. The monoisotopic (exact) mass is 414 g/mol. The minimum absolute atomic E-state index is 0.0247. The van der Waals surface area contributed by atoms with Crippen LogP contribution in [0.25, 0.3) is 16.4 Å². The molecule has 146 valence electrons. The lowest BCUT2D eigenvalue weighted by molar-refractivity contribution is -0.119. The van der Waals surface area contributed by atoms with Gasteiger partial charge in [0.2, 0.25) is 5.91 Å². The third-order valence-corrected chi connectivity index (χ3v) is 6.55. The molecule has 0 aliphatic heterocycles. The summed E-state index contributed by atoms with van der Waals surface area (Å²) in [5, 5.41) is 14.5. The van der Waals surface area contributed by atoms with Crippen molar-refractivity contribution in [3.63, 3.8) is 0 Å². The number of carbonyl (C=O) groups is 1. The fourth-order valence-corrected chi connectivity index (χ4v) is 4.55. The number of amides is 1. The first-order valence-corrected chi connectivity index (χ1v) is 11.1. The molecule has 2 heterocycles. The van der Waals surface area contributed by atoms with E-state index in [4.69, 9.17) is 4.74 Å². The van der Waals surface area contributed by atoms with Gasteiger partial charge >= 0.3 is 0 Å². The number of thiophene rings is 1. The predicted molar refractivity (Wildman–Crippen MR) is 112 cm³/mol. The summed E-state index contributed by atoms with van der Waals surface area (Å²) in [6, 6.07) is 12.0. The number of ether oxygens (including phenoxy) is 1. The molecule has 1 N–H and O–H groups in total. The van der Waals surface area contributed by atoms with Crippen molar-refractivity contribution in [1.82, 2.24) is 20.1 Å². The van der Waals surface area contributed by atoms with Gasteiger partial charge in [-0.05, 0) is 49.3 Å². The third kappa shape index (κ3) is 4.07. The molecule has 0 radical (unpaired) electrons. The molecule has 0 spiro atoms. The van der Waals surface area contributed by atoms with Crippen LogP contribution < -0.4 is 10.1 Å². The highest BCUT2D eigenvalue weighted by Gasteiger charge is 2.29. The number of aromatic nitrogens is 3. The minimum atomic E-state index is 0.0247. The number of hydrogen-bond acceptors (Lipinski definition) is 6. The number of benzene rings is 1. The molecule has 8 heteroatoms. The van der Waals surface area contributed by atoms with Crippen molar-refractivity contribution in [2.45, 2.75) is 31.0 Å². The van der Waals surface area contributed by atoms with Crippen molar-refractivity contribution in [2.24, 2.45) is 5.92 Å². The molecule has 1 aliphatic rings. The van der Waals surface area contributed by atoms with Crippen LogP contribution in [0.15, 0.2) is 46.9 Å². The zero-order chi connectivity index (χ0) is 19.5. The summed E-state index contributed by atoms with van der Waals surface area (Å²) in [5.41, 5.74) is 0.854. The number of carbonyl (C=O) groups excluding carboxylic acids is 1. The summed E-state index contributed by atoms with van der Waals surface area (Å²) in [6.45, 7) is 2.08. The second-order valence-corrected chi connectivity index (χ2v) is 8.66. The highest BCUT2D eigenvalue weighted by molar-refractivity contribution is 7.99. The van der Waals surface area contributed by atoms with Crippen molar-refractivity contribution in [2.75, 3.05) is 12.9 Å². The van der Waals surface area contributed by atoms with E-state index in [9.17, 15) is 4.79 Å². The molecule has 28 heavy (non-hydrogen) atoms. The Morgan fingerprint density at radius 2 is 2.14 bits per heavy atom. The number of thioether (sulfide) groups is 1. The SMILES string of the molecule is COc1ccccc1-n1c(SCC(=O)N[C@@H](C)C2CC2)nnc1-c1cccs1. The largest absolute Gasteiger partial charge is 0.495 e. The second kappa shape index (κ2) is 8.36. The normalized spacial score (nSPS) is 14.6. The smallest absolute Gasteiger partial charge is 0.230 e. The quantitative estimate of drug-likeness (QED) is 0.564. The van der Waals surface area contributed by atoms with E-state index in [1.807, 2.05) is 46.3 Å². The second-order valence-electron chi connectivity index (χ2n) is 6.77. The Morgan fingerprint density at radius 1 is 1.32 bits per heavy atom. The van der Waals surface area contributed by atoms with Gasteiger partial charge in [-0.1, -0.05) is 30.0 Å². The summed E-state index contributed by atoms with van der Waals surface area (Å²) in [6.07, 6.45) is 2.42. The molecule has 6 nitrogen and oxygen atoms in total. The van der Waals surface area contributed by atoms with Gasteiger partial charge < -0.3 is 10.1 Å². The Labute approximate surface area is 172 Å². The van der Waals surface area contributed by atoms with Crippen LogP contribution in [0.3, 0.4) is 0 Å². The first-order chi connectivity index (χ1) is 13.7. The number of nitrogens with zero attached hydrogens (tertiary/aromatic N) is 3. The molecule has 1 aliphatic carbocycles. The fourth-order valence-electron chi connectivity index (χ4n) is 3.10. The topological polar surface area (TPSA) is 69.0 Å². The molecule has 0 saturated heterocycles. The van der Waals surface area contributed by atoms with E-state index in [1.165, 1.54) is 24.6 Å². The summed E-state index contributed by atoms with van der Waals surface area (Å²) < 4.78 is 7.51. The molecular weight excluding hydrogens is 392 g/mol. The highest BCUT2D eigenvalue weighted by Crippen LogP contribution is 2.34. The van der Waals surface area contributed by atoms with E-state index in [2.05, 4.69) is 22.4 Å². The van der Waals surface area contributed by atoms with E-state index in [0.29, 0.717) is 16.8 Å². The van der Waals surface area contributed by atoms with E-state index < -0.39 is 0 Å². The van der Waals surface area contributed by atoms with Gasteiger partial charge in [0, 0.05) is 6.04 Å². The Balaban J connectivity index is 1.61. The van der Waals surface area contributed by atoms with Gasteiger partial charge in [0.1, 0.15) is 5.75 Å². The molecule has 0 bridgehead atoms. The molecule has 1 aromatic carbocycles. The van der Waals surface area contributed by atoms with E-state index >= 15 is 0 Å². The minimum Gasteiger partial charge on any atom is -0.495 e. The lowest BCUT2D eigenvalue weighted by Crippen LogP contribution is -2.35. The zero-order valence-corrected chi connectivity index (χ0v) is 17.4. The zero-order valence-electron chi connectivity index (χ0n) is 15.8. The Bertz CT molecular complexity index is 951. The van der Waals surface area contributed by atoms with Crippen molar-refractivity contribution in [3.05, 3.63) is 41.8 Å². The lowest BCUT2D eigenvalue weighted by Gasteiger charge is -2.14. The van der Waals surface area contributed by atoms with Crippen LogP contribution in [-0.2, 0) is 4.79 Å². The number of hydrogen-bond donors (Lipinski definition) is 1. The van der Waals surface area contributed by atoms with Gasteiger partial charge in [-0.25, -0.2) is 0 Å². The average Bonchev–Trinajstić information content (AvgIpc) is 3.26. The number of para-hydroxylation sites is 2. The molecule has 1 saturated carbocycles. The predicted octanol–water partition coefficient (Wildman–Crippen LogP) is 4.01. The van der Waals surface area contributed by atoms with Crippen LogP contribution in [0.2, 0.25) is 0 Å². The van der Waals surface area contributed by atoms with Crippen LogP contribution in [0.4, 0.5) is 0 Å². The van der Waals surface area contributed by atoms with Crippen molar-refractivity contribution in [1.29, 1.82) is 0 Å². The maximum atomic E-state index is 12.4. The van der Waals surface area contributed by atoms with Crippen molar-refractivity contribution in [3.8, 4) is 22.1 Å². The number of rotatable bonds is 8. The molecule has 2 aromatic heterocycles. The van der Waals surface area contributed by atoms with Crippen LogP contribution in [0, 0.1) is 5.92 Å². The van der Waals surface area contributed by atoms with Crippen molar-refractivity contribution < 1.29 is 9.53 Å². The Kier molecular flexibility index (Phi) is 5.68. The molecule has 1 fully saturated rings. The van der Waals surface area contributed by atoms with Crippen molar-refractivity contribution >= 4 is 29.0 Å². The fraction of sp³-hybridized carbons (Fsp3) is 0.350. The first kappa shape index (κ1) is 19.0. The maximum Gasteiger partial charge on any atom is 0.230 e. The van der Waals surface area contributed by atoms with Gasteiger partial charge in [-0.15, -0.1) is 21.5 Å². The average molecular weight is 415 g/mol. The summed E-state index contributed by atoms with van der Waals surface area (Å²) in [4.78, 5) is 13.4. The summed E-state index contributed by atoms with van der Waals surface area (Å²) >= 11 is 2.99. The van der Waals surface area contributed by atoms with Gasteiger partial charge in [0.05, 0.1) is 23.4 Å². The van der Waals surface area contributed by atoms with Gasteiger partial charge in [0.25, 0.3) is 0 Å². The molecule has 3 aromatic rings. The molecular formula is C20H22N4O2S2. The molecule has 1 atom stereocenters. The standard InChI is InChI=1S/C20H22N4O2S2/c1-13(14-9-10-14)21-18(25)12-28-20-23-22-19(17-8-5-11-27-17)24(20)15-6-3-4-7-16(15)26-2/h3-8,11,13-14H,9-10,12H2,1-2H3,(H,21,25)/t13-/m0/s1. The molecule has 0 unspecified atom stereocenters. The molecule has 4 rings (SSSR count). The Hall–Kier alpha value is -2.32. The molecule has 1 amide bonds. The van der Waals surface area contributed by atoms with E-state index in [0.717, 1.165) is 22.1 Å². The summed E-state index contributed by atoms with van der Waals surface area (Å²) in [7, 11) is 1.65. The van der Waals surface area contributed by atoms with Crippen LogP contribution in [0.5, 0.6) is 5.75 Å². The van der Waals surface area contributed by atoms with Gasteiger partial charge in [-0.3, -0.25) is 9.36 Å². The van der Waals surface area contributed by atoms with Crippen LogP contribution in [-0.4, -0.2) is 39.6 Å². The lowest BCUT2D eigenvalue weighted by atomic mass is 10.2. The van der Waals surface area contributed by atoms with E-state index in [1.54, 1.807) is 18.4 Å². The van der Waals surface area contributed by atoms with Gasteiger partial charge in [-0.2, -0.15) is 0 Å². The Morgan fingerprint density at radius 3 is 2.86 bits per heavy atom. The number of methoxy groups -OCH3 is 1. The van der Waals surface area contributed by atoms with Gasteiger partial charge in [0.15, 0.2) is 11.0 Å². The maximum absolute atomic E-state index is 12.4. The highest BCUT2D eigenvalue weighted by atomic mass is 32.2.